The minimum atomic E-state index is -4.64. The van der Waals surface area contributed by atoms with Crippen molar-refractivity contribution in [1.29, 1.82) is 0 Å². The molecule has 3 aromatic rings. The molecule has 272 valence electrons. The Morgan fingerprint density at radius 1 is 0.520 bits per heavy atom. The summed E-state index contributed by atoms with van der Waals surface area (Å²) in [5, 5.41) is 85.5. The quantitative estimate of drug-likeness (QED) is 0.116. The summed E-state index contributed by atoms with van der Waals surface area (Å²) in [7, 11) is -4.64. The molecule has 0 aliphatic heterocycles. The fourth-order valence-electron chi connectivity index (χ4n) is 3.15. The van der Waals surface area contributed by atoms with Crippen LogP contribution in [0.15, 0.2) is 71.6 Å². The van der Waals surface area contributed by atoms with E-state index >= 15 is 0 Å². The predicted octanol–water partition coefficient (Wildman–Crippen LogP) is 0.969. The van der Waals surface area contributed by atoms with E-state index in [-0.39, 0.29) is 28.9 Å². The Bertz CT molecular complexity index is 1660. The Labute approximate surface area is 281 Å². The van der Waals surface area contributed by atoms with Gasteiger partial charge < -0.3 is 51.1 Å². The molecule has 0 aliphatic carbocycles. The van der Waals surface area contributed by atoms with E-state index in [1.807, 2.05) is 0 Å². The second kappa shape index (κ2) is 21.3. The third-order valence-electron chi connectivity index (χ3n) is 5.72. The van der Waals surface area contributed by atoms with Crippen molar-refractivity contribution in [1.82, 2.24) is 0 Å². The minimum absolute atomic E-state index is 0.00475. The topological polar surface area (TPSA) is 359 Å². The highest BCUT2D eigenvalue weighted by molar-refractivity contribution is 7.85. The maximum absolute atomic E-state index is 10.8. The van der Waals surface area contributed by atoms with Gasteiger partial charge in [-0.1, -0.05) is 6.07 Å². The van der Waals surface area contributed by atoms with Crippen molar-refractivity contribution in [2.75, 3.05) is 13.2 Å². The number of carboxylic acids is 6. The van der Waals surface area contributed by atoms with Crippen molar-refractivity contribution in [3.63, 3.8) is 0 Å². The monoisotopic (exact) mass is 728 g/mol. The van der Waals surface area contributed by atoms with Crippen molar-refractivity contribution in [3.05, 3.63) is 100 Å². The van der Waals surface area contributed by atoms with Gasteiger partial charge in [0.2, 0.25) is 0 Å². The first-order chi connectivity index (χ1) is 23.2. The zero-order valence-electron chi connectivity index (χ0n) is 25.4. The first-order valence-corrected chi connectivity index (χ1v) is 14.9. The minimum Gasteiger partial charge on any atom is -0.478 e. The number of aliphatic hydroxyl groups is 4. The van der Waals surface area contributed by atoms with E-state index in [4.69, 9.17) is 55.6 Å². The lowest BCUT2D eigenvalue weighted by molar-refractivity contribution is -0.0199. The fourth-order valence-corrected chi connectivity index (χ4v) is 3.70. The molecule has 2 atom stereocenters. The molecule has 2 unspecified atom stereocenters. The Kier molecular flexibility index (Phi) is 18.8. The van der Waals surface area contributed by atoms with E-state index in [1.165, 1.54) is 42.5 Å². The van der Waals surface area contributed by atoms with E-state index in [1.54, 1.807) is 0 Å². The summed E-state index contributed by atoms with van der Waals surface area (Å²) in [6.45, 7) is -0.443. The molecule has 3 rings (SSSR count). The van der Waals surface area contributed by atoms with Crippen molar-refractivity contribution in [2.24, 2.45) is 0 Å². The zero-order chi connectivity index (χ0) is 38.8. The summed E-state index contributed by atoms with van der Waals surface area (Å²) < 4.78 is 30.2. The van der Waals surface area contributed by atoms with E-state index in [9.17, 15) is 37.2 Å². The molecule has 19 nitrogen and oxygen atoms in total. The summed E-state index contributed by atoms with van der Waals surface area (Å²) >= 11 is 0. The van der Waals surface area contributed by atoms with Crippen LogP contribution in [0.5, 0.6) is 0 Å². The Hall–Kier alpha value is -5.77. The third kappa shape index (κ3) is 16.4. The second-order valence-electron chi connectivity index (χ2n) is 9.39. The lowest BCUT2D eigenvalue weighted by Crippen LogP contribution is -2.29. The van der Waals surface area contributed by atoms with Gasteiger partial charge >= 0.3 is 35.8 Å². The normalized spacial score (nSPS) is 11.4. The van der Waals surface area contributed by atoms with Gasteiger partial charge in [-0.25, -0.2) is 28.8 Å². The van der Waals surface area contributed by atoms with Crippen LogP contribution in [-0.2, 0) is 10.1 Å². The van der Waals surface area contributed by atoms with Crippen LogP contribution in [0.2, 0.25) is 0 Å². The number of aromatic carboxylic acids is 6. The molecule has 0 aromatic heterocycles. The average Bonchev–Trinajstić information content (AvgIpc) is 3.07. The van der Waals surface area contributed by atoms with Gasteiger partial charge in [0.15, 0.2) is 0 Å². The van der Waals surface area contributed by atoms with Gasteiger partial charge in [0.05, 0.1) is 51.0 Å². The summed E-state index contributed by atoms with van der Waals surface area (Å²) in [6, 6.07) is 12.4. The molecule has 3 aromatic carbocycles. The third-order valence-corrected chi connectivity index (χ3v) is 6.55. The Morgan fingerprint density at radius 2 is 0.860 bits per heavy atom. The molecule has 0 bridgehead atoms. The van der Waals surface area contributed by atoms with Crippen molar-refractivity contribution < 1.29 is 92.8 Å². The van der Waals surface area contributed by atoms with Crippen LogP contribution in [0.1, 0.15) is 75.0 Å². The number of hydrogen-bond donors (Lipinski definition) is 11. The number of carbonyl (C=O) groups is 6. The first kappa shape index (κ1) is 44.2. The maximum Gasteiger partial charge on any atom is 0.335 e. The Morgan fingerprint density at radius 3 is 1.14 bits per heavy atom. The number of benzene rings is 3. The van der Waals surface area contributed by atoms with Crippen molar-refractivity contribution >= 4 is 45.9 Å². The molecule has 50 heavy (non-hydrogen) atoms. The van der Waals surface area contributed by atoms with Gasteiger partial charge in [-0.15, -0.1) is 0 Å². The fraction of sp³-hybridized carbons (Fsp3) is 0.200. The van der Waals surface area contributed by atoms with Crippen LogP contribution in [0.25, 0.3) is 0 Å². The molecule has 20 heteroatoms. The molecule has 0 saturated carbocycles. The number of hydrogen-bond acceptors (Lipinski definition) is 12. The summed E-state index contributed by atoms with van der Waals surface area (Å²) in [4.78, 5) is 61.8. The molecule has 0 heterocycles. The summed E-state index contributed by atoms with van der Waals surface area (Å²) in [6.07, 6.45) is -1.24. The van der Waals surface area contributed by atoms with Crippen LogP contribution >= 0.6 is 0 Å². The highest BCUT2D eigenvalue weighted by Crippen LogP contribution is 2.15. The molecule has 0 saturated heterocycles. The lowest BCUT2D eigenvalue weighted by Gasteiger charge is -2.13. The lowest BCUT2D eigenvalue weighted by atomic mass is 10.1. The molecule has 0 fully saturated rings. The first-order valence-electron chi connectivity index (χ1n) is 13.5. The van der Waals surface area contributed by atoms with Gasteiger partial charge in [-0.2, -0.15) is 8.42 Å². The molecule has 0 amide bonds. The van der Waals surface area contributed by atoms with E-state index in [0.717, 1.165) is 12.1 Å². The Balaban J connectivity index is 0.000000650. The van der Waals surface area contributed by atoms with E-state index < -0.39 is 80.8 Å². The SMILES string of the molecule is O=C(O)c1cc(C(=O)O)cc(S(=O)(=O)O)c1.O=C(O)c1ccc(C(=O)O)cc1.O=C(O)c1cccc(C(=O)O)c1.OCCCC(O)C(O)CO. The molecular weight excluding hydrogens is 696 g/mol. The van der Waals surface area contributed by atoms with Crippen molar-refractivity contribution in [2.45, 2.75) is 29.9 Å². The van der Waals surface area contributed by atoms with Crippen molar-refractivity contribution in [3.8, 4) is 0 Å². The summed E-state index contributed by atoms with van der Waals surface area (Å²) in [5.41, 5.74) is -0.940. The number of carboxylic acid groups (broad SMARTS) is 6. The van der Waals surface area contributed by atoms with Gasteiger partial charge in [-0.3, -0.25) is 4.55 Å². The molecule has 0 spiro atoms. The van der Waals surface area contributed by atoms with Crippen LogP contribution < -0.4 is 0 Å². The number of aliphatic hydroxyl groups excluding tert-OH is 4. The van der Waals surface area contributed by atoms with Crippen LogP contribution in [0.4, 0.5) is 0 Å². The zero-order valence-corrected chi connectivity index (χ0v) is 26.2. The van der Waals surface area contributed by atoms with Crippen LogP contribution in [-0.4, -0.2) is 125 Å². The molecule has 0 aliphatic rings. The highest BCUT2D eigenvalue weighted by atomic mass is 32.2. The highest BCUT2D eigenvalue weighted by Gasteiger charge is 2.18. The standard InChI is InChI=1S/C8H6O7S.2C8H6O4.C6H14O4/c9-7(10)4-1-5(8(11)12)3-6(2-4)16(13,14)15;9-7(10)5-1-2-6(4-3-5)8(11)12;9-7(10)5-2-1-3-6(4-5)8(11)12;7-3-1-2-5(9)6(10)4-8/h1-3H,(H,9,10)(H,11,12)(H,13,14,15);2*1-4H,(H,9,10)(H,11,12);5-10H,1-4H2. The van der Waals surface area contributed by atoms with Crippen LogP contribution in [0, 0.1) is 0 Å². The maximum atomic E-state index is 10.8. The van der Waals surface area contributed by atoms with Crippen LogP contribution in [0.3, 0.4) is 0 Å². The largest absolute Gasteiger partial charge is 0.478 e. The molecule has 0 radical (unpaired) electrons. The molecular formula is C30H32O19S. The number of rotatable bonds is 12. The van der Waals surface area contributed by atoms with Gasteiger partial charge in [0.25, 0.3) is 10.1 Å². The van der Waals surface area contributed by atoms with Gasteiger partial charge in [-0.05, 0) is 73.5 Å². The average molecular weight is 729 g/mol. The second-order valence-corrected chi connectivity index (χ2v) is 10.8. The smallest absolute Gasteiger partial charge is 0.335 e. The predicted molar refractivity (Wildman–Crippen MR) is 166 cm³/mol. The van der Waals surface area contributed by atoms with Gasteiger partial charge in [0.1, 0.15) is 6.10 Å². The molecule has 11 N–H and O–H groups in total. The van der Waals surface area contributed by atoms with Gasteiger partial charge in [0, 0.05) is 6.61 Å². The van der Waals surface area contributed by atoms with E-state index in [2.05, 4.69) is 0 Å². The van der Waals surface area contributed by atoms with E-state index in [0.29, 0.717) is 25.0 Å². The summed E-state index contributed by atoms with van der Waals surface area (Å²) in [5.74, 6) is -7.36.